The number of rotatable bonds is 5. The summed E-state index contributed by atoms with van der Waals surface area (Å²) in [5.41, 5.74) is 4.93. The fraction of sp³-hybridized carbons (Fsp3) is 0.286. The highest BCUT2D eigenvalue weighted by atomic mass is 16.6. The van der Waals surface area contributed by atoms with E-state index >= 15 is 0 Å². The van der Waals surface area contributed by atoms with Crippen LogP contribution in [0, 0.1) is 0 Å². The average Bonchev–Trinajstić information content (AvgIpc) is 3.57. The molecule has 2 amide bonds. The van der Waals surface area contributed by atoms with Crippen LogP contribution in [0.4, 0.5) is 9.59 Å². The zero-order valence-corrected chi connectivity index (χ0v) is 20.4. The van der Waals surface area contributed by atoms with Crippen molar-refractivity contribution >= 4 is 18.2 Å². The number of pyridine rings is 1. The van der Waals surface area contributed by atoms with Crippen LogP contribution in [0.3, 0.4) is 0 Å². The van der Waals surface area contributed by atoms with Crippen LogP contribution in [0.5, 0.6) is 0 Å². The van der Waals surface area contributed by atoms with Crippen LogP contribution in [0.2, 0.25) is 0 Å². The minimum absolute atomic E-state index is 0.0425. The Bertz CT molecular complexity index is 1280. The summed E-state index contributed by atoms with van der Waals surface area (Å²) in [6.45, 7) is 0.925. The number of nitrogens with zero attached hydrogens (tertiary/aromatic N) is 3. The molecule has 1 saturated heterocycles. The highest BCUT2D eigenvalue weighted by molar-refractivity contribution is 5.82. The van der Waals surface area contributed by atoms with Crippen molar-refractivity contribution in [2.24, 2.45) is 0 Å². The van der Waals surface area contributed by atoms with Gasteiger partial charge < -0.3 is 14.2 Å². The number of methoxy groups -OCH3 is 1. The van der Waals surface area contributed by atoms with Crippen molar-refractivity contribution < 1.29 is 28.6 Å². The van der Waals surface area contributed by atoms with Crippen molar-refractivity contribution in [3.63, 3.8) is 0 Å². The number of hydrogen-bond donors (Lipinski definition) is 0. The lowest BCUT2D eigenvalue weighted by Crippen LogP contribution is -2.41. The normalized spacial score (nSPS) is 18.3. The number of hydrogen-bond acceptors (Lipinski definition) is 7. The largest absolute Gasteiger partial charge is 0.467 e. The Hall–Kier alpha value is -4.40. The maximum Gasteiger partial charge on any atom is 0.410 e. The molecule has 2 atom stereocenters. The summed E-state index contributed by atoms with van der Waals surface area (Å²) in [7, 11) is 1.26. The summed E-state index contributed by atoms with van der Waals surface area (Å²) >= 11 is 0. The molecule has 1 fully saturated rings. The molecule has 0 radical (unpaired) electrons. The number of likely N-dealkylation sites (tertiary alicyclic amines) is 1. The Morgan fingerprint density at radius 3 is 2.57 bits per heavy atom. The van der Waals surface area contributed by atoms with Crippen LogP contribution in [-0.4, -0.2) is 58.7 Å². The number of fused-ring (bicyclic) bond motifs is 1. The van der Waals surface area contributed by atoms with Gasteiger partial charge in [0.2, 0.25) is 0 Å². The Kier molecular flexibility index (Phi) is 7.02. The number of esters is 1. The highest BCUT2D eigenvalue weighted by Crippen LogP contribution is 2.33. The van der Waals surface area contributed by atoms with Gasteiger partial charge in [0.15, 0.2) is 0 Å². The van der Waals surface area contributed by atoms with E-state index < -0.39 is 30.3 Å². The average molecular weight is 502 g/mol. The predicted octanol–water partition coefficient (Wildman–Crippen LogP) is 4.15. The van der Waals surface area contributed by atoms with E-state index in [0.29, 0.717) is 13.1 Å². The predicted molar refractivity (Wildman–Crippen MR) is 133 cm³/mol. The number of carbonyl (C=O) groups excluding carboxylic acids is 3. The maximum absolute atomic E-state index is 13.1. The molecule has 9 heteroatoms. The third-order valence-corrected chi connectivity index (χ3v) is 6.66. The van der Waals surface area contributed by atoms with Crippen LogP contribution < -0.4 is 0 Å². The van der Waals surface area contributed by atoms with E-state index in [1.807, 2.05) is 60.7 Å². The topological polar surface area (TPSA) is 98.3 Å². The number of aromatic nitrogens is 1. The zero-order valence-electron chi connectivity index (χ0n) is 20.4. The van der Waals surface area contributed by atoms with Gasteiger partial charge in [0.1, 0.15) is 18.8 Å². The fourth-order valence-electron chi connectivity index (χ4n) is 4.81. The van der Waals surface area contributed by atoms with Crippen molar-refractivity contribution in [3.8, 4) is 11.1 Å². The Morgan fingerprint density at radius 1 is 0.973 bits per heavy atom. The van der Waals surface area contributed by atoms with Crippen molar-refractivity contribution in [1.82, 2.24) is 14.8 Å². The van der Waals surface area contributed by atoms with E-state index in [0.717, 1.165) is 27.8 Å². The summed E-state index contributed by atoms with van der Waals surface area (Å²) < 4.78 is 16.1. The molecule has 37 heavy (non-hydrogen) atoms. The van der Waals surface area contributed by atoms with E-state index in [4.69, 9.17) is 14.2 Å². The minimum Gasteiger partial charge on any atom is -0.467 e. The summed E-state index contributed by atoms with van der Waals surface area (Å²) in [5, 5.41) is 0. The van der Waals surface area contributed by atoms with Gasteiger partial charge in [-0.15, -0.1) is 0 Å². The van der Waals surface area contributed by atoms with E-state index in [1.165, 1.54) is 12.0 Å². The first kappa shape index (κ1) is 24.3. The fourth-order valence-corrected chi connectivity index (χ4v) is 4.81. The van der Waals surface area contributed by atoms with Crippen molar-refractivity contribution in [2.75, 3.05) is 13.7 Å². The lowest BCUT2D eigenvalue weighted by atomic mass is 9.98. The summed E-state index contributed by atoms with van der Waals surface area (Å²) in [6, 6.07) is 18.2. The molecule has 0 aliphatic carbocycles. The van der Waals surface area contributed by atoms with Gasteiger partial charge in [-0.1, -0.05) is 54.6 Å². The number of amides is 2. The molecule has 0 N–H and O–H groups in total. The third-order valence-electron chi connectivity index (χ3n) is 6.66. The minimum atomic E-state index is -0.890. The summed E-state index contributed by atoms with van der Waals surface area (Å²) in [5.74, 6) is -0.579. The summed E-state index contributed by atoms with van der Waals surface area (Å²) in [4.78, 5) is 45.4. The van der Waals surface area contributed by atoms with E-state index in [9.17, 15) is 14.4 Å². The standard InChI is InChI=1S/C28H27N3O6/c1-35-26(32)25-13-22(16-31(25)28(34)36-18-19-7-3-2-4-8-19)37-27(33)30-15-21-9-5-11-23(24(21)17-30)20-10-6-12-29-14-20/h2-12,14,22,25H,13,15-18H2,1H3/t22-,25+/m1/s1. The molecule has 2 aliphatic heterocycles. The second-order valence-corrected chi connectivity index (χ2v) is 9.01. The number of ether oxygens (including phenoxy) is 3. The lowest BCUT2D eigenvalue weighted by molar-refractivity contribution is -0.145. The number of benzene rings is 2. The molecule has 0 saturated carbocycles. The van der Waals surface area contributed by atoms with Crippen LogP contribution in [0.25, 0.3) is 11.1 Å². The Labute approximate surface area is 214 Å². The molecule has 190 valence electrons. The van der Waals surface area contributed by atoms with Crippen LogP contribution in [-0.2, 0) is 38.7 Å². The molecule has 2 aliphatic rings. The zero-order chi connectivity index (χ0) is 25.8. The van der Waals surface area contributed by atoms with E-state index in [-0.39, 0.29) is 19.6 Å². The number of carbonyl (C=O) groups is 3. The van der Waals surface area contributed by atoms with Crippen LogP contribution >= 0.6 is 0 Å². The Morgan fingerprint density at radius 2 is 1.81 bits per heavy atom. The molecular weight excluding hydrogens is 474 g/mol. The molecule has 1 aromatic heterocycles. The van der Waals surface area contributed by atoms with Crippen molar-refractivity contribution in [1.29, 1.82) is 0 Å². The van der Waals surface area contributed by atoms with Crippen molar-refractivity contribution in [3.05, 3.63) is 89.7 Å². The summed E-state index contributed by atoms with van der Waals surface area (Å²) in [6.07, 6.45) is 1.84. The van der Waals surface area contributed by atoms with Gasteiger partial charge in [-0.25, -0.2) is 14.4 Å². The van der Waals surface area contributed by atoms with E-state index in [2.05, 4.69) is 4.98 Å². The smallest absolute Gasteiger partial charge is 0.410 e. The molecule has 0 spiro atoms. The highest BCUT2D eigenvalue weighted by Gasteiger charge is 2.43. The first-order valence-corrected chi connectivity index (χ1v) is 12.1. The van der Waals surface area contributed by atoms with Crippen LogP contribution in [0.15, 0.2) is 73.1 Å². The molecule has 9 nitrogen and oxygen atoms in total. The second-order valence-electron chi connectivity index (χ2n) is 9.01. The monoisotopic (exact) mass is 501 g/mol. The van der Waals surface area contributed by atoms with Crippen molar-refractivity contribution in [2.45, 2.75) is 38.3 Å². The van der Waals surface area contributed by atoms with Gasteiger partial charge in [-0.05, 0) is 28.3 Å². The molecular formula is C28H27N3O6. The lowest BCUT2D eigenvalue weighted by Gasteiger charge is -2.22. The molecule has 0 unspecified atom stereocenters. The van der Waals surface area contributed by atoms with Gasteiger partial charge in [0, 0.05) is 30.9 Å². The van der Waals surface area contributed by atoms with Gasteiger partial charge in [0.05, 0.1) is 20.2 Å². The second kappa shape index (κ2) is 10.7. The van der Waals surface area contributed by atoms with E-state index in [1.54, 1.807) is 17.3 Å². The Balaban J connectivity index is 1.23. The van der Waals surface area contributed by atoms with Gasteiger partial charge in [-0.3, -0.25) is 14.8 Å². The van der Waals surface area contributed by atoms with Gasteiger partial charge >= 0.3 is 18.2 Å². The van der Waals surface area contributed by atoms with Gasteiger partial charge in [-0.2, -0.15) is 0 Å². The first-order valence-electron chi connectivity index (χ1n) is 12.1. The quantitative estimate of drug-likeness (QED) is 0.383. The van der Waals surface area contributed by atoms with Gasteiger partial charge in [0.25, 0.3) is 0 Å². The van der Waals surface area contributed by atoms with Crippen LogP contribution in [0.1, 0.15) is 23.1 Å². The maximum atomic E-state index is 13.1. The molecule has 5 rings (SSSR count). The molecule has 3 heterocycles. The molecule has 2 aromatic carbocycles. The molecule has 3 aromatic rings. The first-order chi connectivity index (χ1) is 18.0. The third kappa shape index (κ3) is 5.25. The molecule has 0 bridgehead atoms. The SMILES string of the molecule is COC(=O)[C@@H]1C[C@@H](OC(=O)N2Cc3cccc(-c4cccnc4)c3C2)CN1C(=O)OCc1ccccc1.